The number of benzene rings is 1. The van der Waals surface area contributed by atoms with Gasteiger partial charge in [-0.05, 0) is 65.7 Å². The minimum absolute atomic E-state index is 0.0773. The van der Waals surface area contributed by atoms with Crippen LogP contribution in [0.1, 0.15) is 61.4 Å². The number of hydrogen-bond donors (Lipinski definition) is 4. The maximum absolute atomic E-state index is 13.3. The van der Waals surface area contributed by atoms with Gasteiger partial charge in [-0.2, -0.15) is 5.10 Å². The molecule has 0 aliphatic carbocycles. The van der Waals surface area contributed by atoms with Crippen LogP contribution in [0.4, 0.5) is 0 Å². The Bertz CT molecular complexity index is 1270. The first-order valence-corrected chi connectivity index (χ1v) is 13.8. The summed E-state index contributed by atoms with van der Waals surface area (Å²) in [6.07, 6.45) is 0.145. The lowest BCUT2D eigenvalue weighted by Crippen LogP contribution is -2.55. The van der Waals surface area contributed by atoms with Crippen molar-refractivity contribution in [2.75, 3.05) is 19.8 Å². The first kappa shape index (κ1) is 31.6. The second-order valence-electron chi connectivity index (χ2n) is 11.3. The number of nitrogens with one attached hydrogen (secondary N) is 4. The van der Waals surface area contributed by atoms with Crippen LogP contribution in [0.5, 0.6) is 5.75 Å². The van der Waals surface area contributed by atoms with Crippen molar-refractivity contribution in [1.82, 2.24) is 31.0 Å². The molecule has 12 heteroatoms. The number of hydrogen-bond acceptors (Lipinski definition) is 7. The number of aromatic nitrogens is 2. The van der Waals surface area contributed by atoms with Crippen molar-refractivity contribution in [3.05, 3.63) is 46.8 Å². The van der Waals surface area contributed by atoms with Crippen LogP contribution in [0.25, 0.3) is 0 Å². The van der Waals surface area contributed by atoms with Gasteiger partial charge >= 0.3 is 0 Å². The molecule has 4 amide bonds. The maximum Gasteiger partial charge on any atom is 0.255 e. The average Bonchev–Trinajstić information content (AvgIpc) is 3.14. The second-order valence-corrected chi connectivity index (χ2v) is 11.3. The van der Waals surface area contributed by atoms with E-state index in [2.05, 4.69) is 26.4 Å². The topological polar surface area (TPSA) is 153 Å². The highest BCUT2D eigenvalue weighted by Crippen LogP contribution is 2.19. The molecule has 2 aromatic rings. The van der Waals surface area contributed by atoms with E-state index in [1.165, 1.54) is 0 Å². The van der Waals surface area contributed by atoms with Gasteiger partial charge in [-0.3, -0.25) is 23.9 Å². The summed E-state index contributed by atoms with van der Waals surface area (Å²) in [5.74, 6) is -1.83. The van der Waals surface area contributed by atoms with Gasteiger partial charge in [-0.25, -0.2) is 0 Å². The van der Waals surface area contributed by atoms with Gasteiger partial charge in [0.05, 0.1) is 35.9 Å². The lowest BCUT2D eigenvalue weighted by molar-refractivity contribution is -0.134. The highest BCUT2D eigenvalue weighted by molar-refractivity contribution is 6.01. The van der Waals surface area contributed by atoms with Crippen LogP contribution in [-0.4, -0.2) is 76.9 Å². The molecule has 4 N–H and O–H groups in total. The molecule has 2 heterocycles. The summed E-state index contributed by atoms with van der Waals surface area (Å²) < 4.78 is 13.4. The standard InChI is InChI=1S/C29H42N6O6/c1-17-15-40-24-11-9-8-10-21(24)26(37)33-22(27(38)30-13-12-20-18(2)34-35(7)19(20)3)14-25(36)32-23(28(39)31-17)16-41-29(4,5)6/h8-11,17,22-23H,12-16H2,1-7H3,(H,30,38)(H,31,39)(H,32,36)(H,33,37)/t17-,22+,23+/m1/s1. The fourth-order valence-corrected chi connectivity index (χ4v) is 4.39. The highest BCUT2D eigenvalue weighted by atomic mass is 16.5. The Morgan fingerprint density at radius 3 is 2.51 bits per heavy atom. The van der Waals surface area contributed by atoms with Crippen LogP contribution in [0, 0.1) is 13.8 Å². The number of carbonyl (C=O) groups is 4. The van der Waals surface area contributed by atoms with Crippen LogP contribution in [0.15, 0.2) is 24.3 Å². The Hall–Kier alpha value is -3.93. The number of carbonyl (C=O) groups excluding carboxylic acids is 4. The van der Waals surface area contributed by atoms with E-state index in [0.717, 1.165) is 17.0 Å². The van der Waals surface area contributed by atoms with Crippen molar-refractivity contribution in [3.63, 3.8) is 0 Å². The van der Waals surface area contributed by atoms with Gasteiger partial charge in [0.1, 0.15) is 24.4 Å². The summed E-state index contributed by atoms with van der Waals surface area (Å²) in [5, 5.41) is 15.4. The van der Waals surface area contributed by atoms with E-state index in [4.69, 9.17) is 9.47 Å². The predicted octanol–water partition coefficient (Wildman–Crippen LogP) is 1.08. The van der Waals surface area contributed by atoms with Gasteiger partial charge in [0, 0.05) is 19.3 Å². The van der Waals surface area contributed by atoms with Gasteiger partial charge in [0.25, 0.3) is 5.91 Å². The van der Waals surface area contributed by atoms with E-state index in [9.17, 15) is 19.2 Å². The largest absolute Gasteiger partial charge is 0.491 e. The van der Waals surface area contributed by atoms with E-state index in [-0.39, 0.29) is 31.7 Å². The summed E-state index contributed by atoms with van der Waals surface area (Å²) in [7, 11) is 1.86. The number of aryl methyl sites for hydroxylation is 2. The van der Waals surface area contributed by atoms with Crippen molar-refractivity contribution in [3.8, 4) is 5.75 Å². The zero-order chi connectivity index (χ0) is 30.3. The van der Waals surface area contributed by atoms with Crippen molar-refractivity contribution >= 4 is 23.6 Å². The minimum Gasteiger partial charge on any atom is -0.491 e. The normalized spacial score (nSPS) is 20.6. The number of fused-ring (bicyclic) bond motifs is 1. The molecular weight excluding hydrogens is 528 g/mol. The third kappa shape index (κ3) is 9.04. The molecule has 0 unspecified atom stereocenters. The van der Waals surface area contributed by atoms with Crippen LogP contribution < -0.4 is 26.0 Å². The molecule has 3 rings (SSSR count). The zero-order valence-electron chi connectivity index (χ0n) is 24.9. The quantitative estimate of drug-likeness (QED) is 0.406. The first-order valence-electron chi connectivity index (χ1n) is 13.8. The molecule has 1 aliphatic rings. The SMILES string of the molecule is Cc1nn(C)c(C)c1CCNC(=O)[C@@H]1CC(=O)N[C@@H](COC(C)(C)C)C(=O)N[C@H](C)COc2ccccc2C(=O)N1. The lowest BCUT2D eigenvalue weighted by Gasteiger charge is -2.27. The molecule has 0 bridgehead atoms. The predicted molar refractivity (Wildman–Crippen MR) is 152 cm³/mol. The third-order valence-electron chi connectivity index (χ3n) is 6.69. The van der Waals surface area contributed by atoms with E-state index in [1.807, 2.05) is 41.7 Å². The Labute approximate surface area is 240 Å². The summed E-state index contributed by atoms with van der Waals surface area (Å²) in [6, 6.07) is 3.95. The molecule has 3 atom stereocenters. The van der Waals surface area contributed by atoms with E-state index in [1.54, 1.807) is 35.9 Å². The minimum atomic E-state index is -1.21. The summed E-state index contributed by atoms with van der Waals surface area (Å²) in [5.41, 5.74) is 2.55. The molecule has 0 spiro atoms. The molecule has 12 nitrogen and oxygen atoms in total. The van der Waals surface area contributed by atoms with E-state index >= 15 is 0 Å². The number of para-hydroxylation sites is 1. The Balaban J connectivity index is 1.83. The first-order chi connectivity index (χ1) is 19.2. The monoisotopic (exact) mass is 570 g/mol. The molecule has 1 aromatic heterocycles. The Morgan fingerprint density at radius 2 is 1.85 bits per heavy atom. The molecule has 41 heavy (non-hydrogen) atoms. The van der Waals surface area contributed by atoms with Crippen molar-refractivity contribution in [2.45, 2.75) is 78.1 Å². The number of ether oxygens (including phenoxy) is 2. The fourth-order valence-electron chi connectivity index (χ4n) is 4.39. The number of rotatable bonds is 6. The number of amides is 4. The van der Waals surface area contributed by atoms with Crippen LogP contribution >= 0.6 is 0 Å². The Morgan fingerprint density at radius 1 is 1.15 bits per heavy atom. The molecule has 0 saturated heterocycles. The Kier molecular flexibility index (Phi) is 10.5. The van der Waals surface area contributed by atoms with Crippen LogP contribution in [-0.2, 0) is 32.6 Å². The summed E-state index contributed by atoms with van der Waals surface area (Å²) in [4.78, 5) is 52.8. The van der Waals surface area contributed by atoms with Crippen LogP contribution in [0.3, 0.4) is 0 Å². The van der Waals surface area contributed by atoms with Gasteiger partial charge < -0.3 is 30.7 Å². The van der Waals surface area contributed by atoms with Gasteiger partial charge in [0.2, 0.25) is 17.7 Å². The smallest absolute Gasteiger partial charge is 0.255 e. The molecule has 224 valence electrons. The van der Waals surface area contributed by atoms with Crippen molar-refractivity contribution in [2.24, 2.45) is 7.05 Å². The van der Waals surface area contributed by atoms with E-state index < -0.39 is 47.4 Å². The van der Waals surface area contributed by atoms with Gasteiger partial charge in [-0.1, -0.05) is 12.1 Å². The van der Waals surface area contributed by atoms with Crippen molar-refractivity contribution < 1.29 is 28.7 Å². The lowest BCUT2D eigenvalue weighted by atomic mass is 10.1. The highest BCUT2D eigenvalue weighted by Gasteiger charge is 2.30. The maximum atomic E-state index is 13.3. The number of nitrogens with zero attached hydrogens (tertiary/aromatic N) is 2. The molecule has 1 aliphatic heterocycles. The molecule has 0 fully saturated rings. The second kappa shape index (κ2) is 13.6. The summed E-state index contributed by atoms with van der Waals surface area (Å²) in [6.45, 7) is 11.4. The van der Waals surface area contributed by atoms with Gasteiger partial charge in [-0.15, -0.1) is 0 Å². The van der Waals surface area contributed by atoms with Crippen molar-refractivity contribution in [1.29, 1.82) is 0 Å². The molecular formula is C29H42N6O6. The third-order valence-corrected chi connectivity index (χ3v) is 6.69. The zero-order valence-corrected chi connectivity index (χ0v) is 24.9. The molecule has 0 radical (unpaired) electrons. The summed E-state index contributed by atoms with van der Waals surface area (Å²) >= 11 is 0. The van der Waals surface area contributed by atoms with Crippen LogP contribution in [0.2, 0.25) is 0 Å². The van der Waals surface area contributed by atoms with E-state index in [0.29, 0.717) is 12.2 Å². The molecule has 1 aromatic carbocycles. The van der Waals surface area contributed by atoms with Gasteiger partial charge in [0.15, 0.2) is 0 Å². The molecule has 0 saturated carbocycles. The fraction of sp³-hybridized carbons (Fsp3) is 0.552. The average molecular weight is 571 g/mol.